The summed E-state index contributed by atoms with van der Waals surface area (Å²) < 4.78 is 25.1. The number of amides is 5. The third-order valence-electron chi connectivity index (χ3n) is 8.33. The largest absolute Gasteiger partial charge is 0.467 e. The molecule has 0 spiro atoms. The second kappa shape index (κ2) is 25.6. The number of nitrogens with zero attached hydrogens (tertiary/aromatic N) is 1. The van der Waals surface area contributed by atoms with Crippen LogP contribution in [0.1, 0.15) is 57.6 Å². The van der Waals surface area contributed by atoms with Crippen molar-refractivity contribution in [3.63, 3.8) is 0 Å². The molecule has 0 heterocycles. The number of benzene rings is 2. The number of alkyl carbamates (subject to hydrolysis) is 1. The van der Waals surface area contributed by atoms with Crippen LogP contribution >= 0.6 is 0 Å². The van der Waals surface area contributed by atoms with Gasteiger partial charge in [0.25, 0.3) is 0 Å². The molecular formula is C42H55N5O14. The molecule has 2 aromatic carbocycles. The molecule has 4 atom stereocenters. The quantitative estimate of drug-likeness (QED) is 0.0702. The zero-order valence-corrected chi connectivity index (χ0v) is 35.2. The van der Waals surface area contributed by atoms with Crippen molar-refractivity contribution in [3.05, 3.63) is 84.4 Å². The second-order valence-electron chi connectivity index (χ2n) is 14.5. The third kappa shape index (κ3) is 19.7. The summed E-state index contributed by atoms with van der Waals surface area (Å²) in [4.78, 5) is 117. The number of rotatable bonds is 23. The lowest BCUT2D eigenvalue weighted by Crippen LogP contribution is -2.54. The first-order valence-electron chi connectivity index (χ1n) is 19.1. The molecule has 0 aliphatic carbocycles. The summed E-state index contributed by atoms with van der Waals surface area (Å²) in [5.41, 5.74) is 0.376. The average molecular weight is 854 g/mol. The molecule has 0 saturated carbocycles. The predicted molar refractivity (Wildman–Crippen MR) is 217 cm³/mol. The van der Waals surface area contributed by atoms with Crippen molar-refractivity contribution in [2.24, 2.45) is 0 Å². The van der Waals surface area contributed by atoms with Gasteiger partial charge in [-0.25, -0.2) is 19.2 Å². The Hall–Kier alpha value is -6.79. The van der Waals surface area contributed by atoms with Gasteiger partial charge in [-0.15, -0.1) is 0 Å². The van der Waals surface area contributed by atoms with Crippen molar-refractivity contribution in [1.29, 1.82) is 0 Å². The molecule has 332 valence electrons. The Labute approximate surface area is 354 Å². The van der Waals surface area contributed by atoms with Gasteiger partial charge in [0.1, 0.15) is 43.0 Å². The van der Waals surface area contributed by atoms with Crippen LogP contribution in [-0.2, 0) is 75.1 Å². The first kappa shape index (κ1) is 50.4. The molecule has 19 nitrogen and oxygen atoms in total. The van der Waals surface area contributed by atoms with E-state index in [0.717, 1.165) is 19.1 Å². The Morgan fingerprint density at radius 3 is 1.82 bits per heavy atom. The minimum atomic E-state index is -1.63. The lowest BCUT2D eigenvalue weighted by Gasteiger charge is -2.25. The van der Waals surface area contributed by atoms with Gasteiger partial charge >= 0.3 is 30.0 Å². The van der Waals surface area contributed by atoms with Crippen molar-refractivity contribution < 1.29 is 66.8 Å². The highest BCUT2D eigenvalue weighted by atomic mass is 16.6. The fourth-order valence-electron chi connectivity index (χ4n) is 5.35. The van der Waals surface area contributed by atoms with E-state index >= 15 is 0 Å². The third-order valence-corrected chi connectivity index (χ3v) is 8.33. The molecule has 19 heteroatoms. The monoisotopic (exact) mass is 853 g/mol. The molecule has 2 aromatic rings. The van der Waals surface area contributed by atoms with Gasteiger partial charge in [0.05, 0.1) is 33.6 Å². The van der Waals surface area contributed by atoms with E-state index in [1.165, 1.54) is 13.1 Å². The van der Waals surface area contributed by atoms with Gasteiger partial charge in [0.15, 0.2) is 0 Å². The molecule has 61 heavy (non-hydrogen) atoms. The van der Waals surface area contributed by atoms with Gasteiger partial charge in [-0.1, -0.05) is 73.3 Å². The van der Waals surface area contributed by atoms with E-state index in [-0.39, 0.29) is 26.1 Å². The van der Waals surface area contributed by atoms with Crippen LogP contribution in [0.5, 0.6) is 0 Å². The molecule has 0 bridgehead atoms. The van der Waals surface area contributed by atoms with Crippen molar-refractivity contribution in [2.75, 3.05) is 34.4 Å². The number of hydrogen-bond donors (Lipinski definition) is 4. The lowest BCUT2D eigenvalue weighted by atomic mass is 10.0. The second-order valence-corrected chi connectivity index (χ2v) is 14.5. The van der Waals surface area contributed by atoms with Crippen LogP contribution < -0.4 is 21.3 Å². The first-order valence-corrected chi connectivity index (χ1v) is 19.1. The topological polar surface area (TPSA) is 251 Å². The van der Waals surface area contributed by atoms with Gasteiger partial charge in [0, 0.05) is 19.9 Å². The van der Waals surface area contributed by atoms with Crippen LogP contribution in [-0.4, -0.2) is 123 Å². The van der Waals surface area contributed by atoms with E-state index in [2.05, 4.69) is 32.6 Å². The Morgan fingerprint density at radius 2 is 1.25 bits per heavy atom. The van der Waals surface area contributed by atoms with Crippen molar-refractivity contribution in [3.8, 4) is 0 Å². The minimum Gasteiger partial charge on any atom is -0.467 e. The van der Waals surface area contributed by atoms with Crippen LogP contribution in [0.3, 0.4) is 0 Å². The summed E-state index contributed by atoms with van der Waals surface area (Å²) in [6.07, 6.45) is -1.61. The summed E-state index contributed by atoms with van der Waals surface area (Å²) in [6.45, 7) is 7.46. The van der Waals surface area contributed by atoms with E-state index < -0.39 is 109 Å². The Balaban J connectivity index is 2.20. The maximum absolute atomic E-state index is 13.8. The Morgan fingerprint density at radius 1 is 0.689 bits per heavy atom. The summed E-state index contributed by atoms with van der Waals surface area (Å²) >= 11 is 0. The maximum atomic E-state index is 13.8. The van der Waals surface area contributed by atoms with Gasteiger partial charge in [-0.2, -0.15) is 0 Å². The molecule has 0 saturated heterocycles. The molecule has 0 unspecified atom stereocenters. The molecule has 0 aliphatic rings. The van der Waals surface area contributed by atoms with E-state index in [0.29, 0.717) is 11.1 Å². The van der Waals surface area contributed by atoms with Crippen molar-refractivity contribution in [2.45, 2.75) is 89.3 Å². The van der Waals surface area contributed by atoms with E-state index in [1.54, 1.807) is 81.4 Å². The average Bonchev–Trinajstić information content (AvgIpc) is 3.21. The lowest BCUT2D eigenvalue weighted by molar-refractivity contribution is -0.151. The summed E-state index contributed by atoms with van der Waals surface area (Å²) in [5, 5.41) is 9.76. The molecular weight excluding hydrogens is 798 g/mol. The van der Waals surface area contributed by atoms with Crippen LogP contribution in [0.25, 0.3) is 0 Å². The zero-order chi connectivity index (χ0) is 45.5. The van der Waals surface area contributed by atoms with Gasteiger partial charge in [0.2, 0.25) is 23.6 Å². The predicted octanol–water partition coefficient (Wildman–Crippen LogP) is 1.41. The van der Waals surface area contributed by atoms with E-state index in [4.69, 9.17) is 18.9 Å². The molecule has 5 amide bonds. The first-order chi connectivity index (χ1) is 28.8. The van der Waals surface area contributed by atoms with Crippen molar-refractivity contribution >= 4 is 53.6 Å². The summed E-state index contributed by atoms with van der Waals surface area (Å²) in [6, 6.07) is 11.6. The standard InChI is InChI=1S/C42H55N5O14/c1-8-21-59-36(51)24-32(39(54)58-7)44-34(49)25-47(5)35(50)20-19-29(38(53)57-6)43-33(48)23-31(40(55)60-26-28-17-13-10-14-18-28)45-37(52)30(22-27-15-11-9-12-16-27)46-41(56)61-42(2,3)4/h8-18,29-32H,1,19-26H2,2-7H3,(H,43,48)(H,44,49)(H,45,52)(H,46,56)/t29-,30-,31-,32-/m0/s1. The minimum absolute atomic E-state index is 0.0188. The maximum Gasteiger partial charge on any atom is 0.408 e. The highest BCUT2D eigenvalue weighted by Gasteiger charge is 2.33. The zero-order valence-electron chi connectivity index (χ0n) is 35.2. The van der Waals surface area contributed by atoms with Crippen LogP contribution in [0, 0.1) is 0 Å². The molecule has 0 fully saturated rings. The highest BCUT2D eigenvalue weighted by molar-refractivity contribution is 5.94. The molecule has 0 aromatic heterocycles. The van der Waals surface area contributed by atoms with Gasteiger partial charge in [-0.05, 0) is 38.3 Å². The number of ether oxygens (including phenoxy) is 5. The molecule has 4 N–H and O–H groups in total. The van der Waals surface area contributed by atoms with Crippen LogP contribution in [0.2, 0.25) is 0 Å². The van der Waals surface area contributed by atoms with Crippen LogP contribution in [0.15, 0.2) is 73.3 Å². The normalized spacial score (nSPS) is 12.7. The Bertz CT molecular complexity index is 1830. The number of nitrogens with one attached hydrogen (secondary N) is 4. The van der Waals surface area contributed by atoms with Crippen LogP contribution in [0.4, 0.5) is 4.79 Å². The van der Waals surface area contributed by atoms with Gasteiger partial charge in [-0.3, -0.25) is 24.0 Å². The SMILES string of the molecule is C=CCOC(=O)C[C@H](NC(=O)CN(C)C(=O)CC[C@H](NC(=O)C[C@H](NC(=O)[C@H](Cc1ccccc1)NC(=O)OC(C)(C)C)C(=O)OCc1ccccc1)C(=O)OC)C(=O)OC. The fourth-order valence-corrected chi connectivity index (χ4v) is 5.35. The number of carbonyl (C=O) groups excluding carboxylic acids is 9. The number of carbonyl (C=O) groups is 9. The highest BCUT2D eigenvalue weighted by Crippen LogP contribution is 2.11. The molecule has 0 radical (unpaired) electrons. The van der Waals surface area contributed by atoms with Gasteiger partial charge < -0.3 is 49.9 Å². The number of methoxy groups -OCH3 is 2. The number of likely N-dealkylation sites (N-methyl/N-ethyl adjacent to an activating group) is 1. The Kier molecular flexibility index (Phi) is 21.2. The van der Waals surface area contributed by atoms with E-state index in [1.807, 2.05) is 0 Å². The summed E-state index contributed by atoms with van der Waals surface area (Å²) in [7, 11) is 3.39. The summed E-state index contributed by atoms with van der Waals surface area (Å²) in [5.74, 6) is -6.93. The fraction of sp³-hybridized carbons (Fsp3) is 0.452. The number of hydrogen-bond acceptors (Lipinski definition) is 14. The molecule has 2 rings (SSSR count). The number of esters is 4. The smallest absolute Gasteiger partial charge is 0.408 e. The van der Waals surface area contributed by atoms with E-state index in [9.17, 15) is 43.2 Å². The molecule has 0 aliphatic heterocycles. The van der Waals surface area contributed by atoms with Crippen molar-refractivity contribution in [1.82, 2.24) is 26.2 Å².